The molecular weight excluding hydrogens is 390 g/mol. The molecule has 0 bridgehead atoms. The van der Waals surface area contributed by atoms with Crippen LogP contribution in [0.1, 0.15) is 98.4 Å². The molecule has 0 unspecified atom stereocenters. The number of rotatable bonds is 7. The maximum absolute atomic E-state index is 12.8. The Morgan fingerprint density at radius 1 is 0.966 bits per heavy atom. The second kappa shape index (κ2) is 12.6. The van der Waals surface area contributed by atoms with Gasteiger partial charge >= 0.3 is 11.9 Å². The molecule has 0 saturated carbocycles. The molecule has 6 nitrogen and oxygen atoms in total. The second-order valence-electron chi connectivity index (χ2n) is 7.61. The van der Waals surface area contributed by atoms with Crippen molar-refractivity contribution < 1.29 is 24.2 Å². The molecule has 0 spiro atoms. The van der Waals surface area contributed by atoms with E-state index in [0.29, 0.717) is 17.2 Å². The molecule has 0 aliphatic heterocycles. The van der Waals surface area contributed by atoms with E-state index < -0.39 is 5.97 Å². The summed E-state index contributed by atoms with van der Waals surface area (Å²) in [5, 5.41) is 12.1. The maximum Gasteiger partial charge on any atom is 0.341 e. The number of carbonyl (C=O) groups excluding carboxylic acids is 2. The van der Waals surface area contributed by atoms with Gasteiger partial charge in [0.15, 0.2) is 0 Å². The van der Waals surface area contributed by atoms with Gasteiger partial charge in [-0.3, -0.25) is 9.59 Å². The van der Waals surface area contributed by atoms with E-state index in [4.69, 9.17) is 9.84 Å². The fourth-order valence-electron chi connectivity index (χ4n) is 3.61. The van der Waals surface area contributed by atoms with Gasteiger partial charge in [0.2, 0.25) is 5.91 Å². The fourth-order valence-corrected chi connectivity index (χ4v) is 4.90. The number of thiophene rings is 1. The summed E-state index contributed by atoms with van der Waals surface area (Å²) >= 11 is 1.46. The lowest BCUT2D eigenvalue weighted by Gasteiger charge is -2.11. The number of amides is 1. The molecule has 0 saturated heterocycles. The van der Waals surface area contributed by atoms with Crippen LogP contribution >= 0.6 is 11.3 Å². The molecule has 29 heavy (non-hydrogen) atoms. The molecular formula is C22H33NO5S. The number of nitrogens with one attached hydrogen (secondary N) is 1. The number of carboxylic acids is 1. The summed E-state index contributed by atoms with van der Waals surface area (Å²) in [5.41, 5.74) is 1.50. The van der Waals surface area contributed by atoms with Gasteiger partial charge in [-0.1, -0.05) is 45.4 Å². The summed E-state index contributed by atoms with van der Waals surface area (Å²) < 4.78 is 5.42. The van der Waals surface area contributed by atoms with E-state index in [1.165, 1.54) is 43.4 Å². The third-order valence-corrected chi connectivity index (χ3v) is 6.34. The molecule has 162 valence electrons. The van der Waals surface area contributed by atoms with Crippen molar-refractivity contribution in [3.8, 4) is 0 Å². The van der Waals surface area contributed by atoms with Gasteiger partial charge in [-0.2, -0.15) is 0 Å². The number of carbonyl (C=O) groups is 3. The lowest BCUT2D eigenvalue weighted by Crippen LogP contribution is -2.16. The number of hydrogen-bond donors (Lipinski definition) is 2. The predicted molar refractivity (Wildman–Crippen MR) is 115 cm³/mol. The highest BCUT2D eigenvalue weighted by atomic mass is 32.1. The van der Waals surface area contributed by atoms with Gasteiger partial charge < -0.3 is 15.2 Å². The van der Waals surface area contributed by atoms with Gasteiger partial charge in [-0.05, 0) is 37.7 Å². The number of ether oxygens (including phenoxy) is 1. The van der Waals surface area contributed by atoms with Crippen LogP contribution in [-0.2, 0) is 27.2 Å². The maximum atomic E-state index is 12.8. The molecule has 1 aromatic heterocycles. The molecule has 1 aromatic rings. The Hall–Kier alpha value is -1.89. The van der Waals surface area contributed by atoms with Crippen molar-refractivity contribution in [1.29, 1.82) is 0 Å². The highest BCUT2D eigenvalue weighted by Crippen LogP contribution is 2.37. The Morgan fingerprint density at radius 3 is 2.21 bits per heavy atom. The second-order valence-corrected chi connectivity index (χ2v) is 8.72. The lowest BCUT2D eigenvalue weighted by atomic mass is 9.97. The smallest absolute Gasteiger partial charge is 0.341 e. The first-order valence-corrected chi connectivity index (χ1v) is 11.7. The quantitative estimate of drug-likeness (QED) is 0.578. The van der Waals surface area contributed by atoms with Crippen LogP contribution in [-0.4, -0.2) is 29.6 Å². The first kappa shape index (κ1) is 23.4. The third-order valence-electron chi connectivity index (χ3n) is 5.13. The number of aliphatic carboxylic acids is 1. The normalized spacial score (nSPS) is 15.5. The Bertz CT molecular complexity index is 698. The van der Waals surface area contributed by atoms with Crippen molar-refractivity contribution in [3.05, 3.63) is 16.0 Å². The van der Waals surface area contributed by atoms with E-state index in [9.17, 15) is 14.4 Å². The van der Waals surface area contributed by atoms with E-state index in [1.54, 1.807) is 0 Å². The summed E-state index contributed by atoms with van der Waals surface area (Å²) in [6, 6.07) is 0. The van der Waals surface area contributed by atoms with Gasteiger partial charge in [0, 0.05) is 11.3 Å². The third kappa shape index (κ3) is 7.80. The summed E-state index contributed by atoms with van der Waals surface area (Å²) in [5.74, 6) is -1.78. The first-order chi connectivity index (χ1) is 14.0. The Labute approximate surface area is 177 Å². The Morgan fingerprint density at radius 2 is 1.59 bits per heavy atom. The molecule has 2 rings (SSSR count). The molecule has 7 heteroatoms. The zero-order valence-corrected chi connectivity index (χ0v) is 18.2. The number of esters is 1. The minimum Gasteiger partial charge on any atom is -0.481 e. The van der Waals surface area contributed by atoms with Gasteiger partial charge in [0.1, 0.15) is 5.00 Å². The van der Waals surface area contributed by atoms with Crippen LogP contribution in [0.4, 0.5) is 5.00 Å². The highest BCUT2D eigenvalue weighted by Gasteiger charge is 2.25. The van der Waals surface area contributed by atoms with Gasteiger partial charge in [0.25, 0.3) is 0 Å². The summed E-state index contributed by atoms with van der Waals surface area (Å²) in [7, 11) is 0. The van der Waals surface area contributed by atoms with Crippen molar-refractivity contribution in [3.63, 3.8) is 0 Å². The molecule has 0 aromatic carbocycles. The highest BCUT2D eigenvalue weighted by molar-refractivity contribution is 7.17. The Balaban J connectivity index is 2.28. The van der Waals surface area contributed by atoms with Gasteiger partial charge in [-0.25, -0.2) is 4.79 Å². The molecule has 1 aliphatic carbocycles. The van der Waals surface area contributed by atoms with Crippen LogP contribution in [0.3, 0.4) is 0 Å². The van der Waals surface area contributed by atoms with Gasteiger partial charge in [-0.15, -0.1) is 11.3 Å². The molecule has 1 aliphatic rings. The first-order valence-electron chi connectivity index (χ1n) is 10.9. The molecule has 2 N–H and O–H groups in total. The van der Waals surface area contributed by atoms with E-state index in [1.807, 2.05) is 6.92 Å². The molecule has 0 fully saturated rings. The number of fused-ring (bicyclic) bond motifs is 1. The van der Waals surface area contributed by atoms with E-state index >= 15 is 0 Å². The zero-order chi connectivity index (χ0) is 21.1. The van der Waals surface area contributed by atoms with Crippen molar-refractivity contribution >= 4 is 34.2 Å². The predicted octanol–water partition coefficient (Wildman–Crippen LogP) is 5.34. The molecule has 0 radical (unpaired) electrons. The van der Waals surface area contributed by atoms with E-state index in [-0.39, 0.29) is 24.7 Å². The minimum absolute atomic E-state index is 0.110. The van der Waals surface area contributed by atoms with Crippen molar-refractivity contribution in [1.82, 2.24) is 0 Å². The summed E-state index contributed by atoms with van der Waals surface area (Å²) in [6.45, 7) is 2.29. The Kier molecular flexibility index (Phi) is 10.2. The lowest BCUT2D eigenvalue weighted by molar-refractivity contribution is -0.138. The monoisotopic (exact) mass is 423 g/mol. The molecule has 1 amide bonds. The number of carboxylic acid groups (broad SMARTS) is 1. The summed E-state index contributed by atoms with van der Waals surface area (Å²) in [6.07, 6.45) is 11.5. The van der Waals surface area contributed by atoms with Crippen LogP contribution in [0.5, 0.6) is 0 Å². The minimum atomic E-state index is -1.01. The topological polar surface area (TPSA) is 92.7 Å². The largest absolute Gasteiger partial charge is 0.481 e. The number of anilines is 1. The SMILES string of the molecule is CCCOC(=O)c1c(NC(=O)CCC(=O)O)sc2c1CCCCCCCCCC2. The van der Waals surface area contributed by atoms with Crippen LogP contribution in [0.25, 0.3) is 0 Å². The van der Waals surface area contributed by atoms with Crippen LogP contribution in [0, 0.1) is 0 Å². The van der Waals surface area contributed by atoms with Crippen molar-refractivity contribution in [2.75, 3.05) is 11.9 Å². The van der Waals surface area contributed by atoms with E-state index in [0.717, 1.165) is 49.0 Å². The number of hydrogen-bond acceptors (Lipinski definition) is 5. The summed E-state index contributed by atoms with van der Waals surface area (Å²) in [4.78, 5) is 37.0. The fraction of sp³-hybridized carbons (Fsp3) is 0.682. The molecule has 1 heterocycles. The average Bonchev–Trinajstić information content (AvgIpc) is 3.01. The number of aryl methyl sites for hydroxylation is 1. The van der Waals surface area contributed by atoms with Crippen LogP contribution < -0.4 is 5.32 Å². The standard InChI is InChI=1S/C22H33NO5S/c1-2-15-28-22(27)20-16-11-9-7-5-3-4-6-8-10-12-17(16)29-21(20)23-18(24)13-14-19(25)26/h2-15H2,1H3,(H,23,24)(H,25,26). The molecule has 0 atom stereocenters. The van der Waals surface area contributed by atoms with Crippen molar-refractivity contribution in [2.24, 2.45) is 0 Å². The van der Waals surface area contributed by atoms with E-state index in [2.05, 4.69) is 5.32 Å². The van der Waals surface area contributed by atoms with Crippen LogP contribution in [0.15, 0.2) is 0 Å². The average molecular weight is 424 g/mol. The van der Waals surface area contributed by atoms with Gasteiger partial charge in [0.05, 0.1) is 18.6 Å². The van der Waals surface area contributed by atoms with Crippen molar-refractivity contribution in [2.45, 2.75) is 90.4 Å². The zero-order valence-electron chi connectivity index (χ0n) is 17.4. The van der Waals surface area contributed by atoms with Crippen LogP contribution in [0.2, 0.25) is 0 Å².